The summed E-state index contributed by atoms with van der Waals surface area (Å²) in [5, 5.41) is 15.3. The molecule has 0 fully saturated rings. The van der Waals surface area contributed by atoms with Gasteiger partial charge >= 0.3 is 0 Å². The molecule has 0 aliphatic rings. The molecule has 0 spiro atoms. The quantitative estimate of drug-likeness (QED) is 0.606. The molecule has 1 rings (SSSR count). The number of hydrogen-bond acceptors (Lipinski definition) is 4. The summed E-state index contributed by atoms with van der Waals surface area (Å²) in [7, 11) is 0. The molecule has 1 atom stereocenters. The maximum absolute atomic E-state index is 9.01. The van der Waals surface area contributed by atoms with E-state index in [2.05, 4.69) is 15.6 Å². The Morgan fingerprint density at radius 3 is 2.93 bits per heavy atom. The molecule has 4 nitrogen and oxygen atoms in total. The number of rotatable bonds is 6. The van der Waals surface area contributed by atoms with E-state index in [-0.39, 0.29) is 6.10 Å². The normalized spacial score (nSPS) is 12.5. The first kappa shape index (κ1) is 11.9. The van der Waals surface area contributed by atoms with E-state index in [0.29, 0.717) is 6.54 Å². The van der Waals surface area contributed by atoms with Gasteiger partial charge in [-0.2, -0.15) is 0 Å². The molecule has 0 radical (unpaired) electrons. The summed E-state index contributed by atoms with van der Waals surface area (Å²) in [6.07, 6.45) is 1.50. The molecule has 0 saturated carbocycles. The first-order chi connectivity index (χ1) is 7.18. The number of anilines is 1. The Kier molecular flexibility index (Phi) is 5.07. The molecule has 0 saturated heterocycles. The van der Waals surface area contributed by atoms with Gasteiger partial charge in [-0.15, -0.1) is 0 Å². The fourth-order valence-electron chi connectivity index (χ4n) is 1.22. The zero-order chi connectivity index (χ0) is 11.1. The van der Waals surface area contributed by atoms with Crippen LogP contribution in [0.25, 0.3) is 0 Å². The Bertz CT molecular complexity index is 289. The van der Waals surface area contributed by atoms with E-state index in [4.69, 9.17) is 5.11 Å². The van der Waals surface area contributed by atoms with E-state index in [0.717, 1.165) is 18.9 Å². The van der Waals surface area contributed by atoms with Crippen molar-refractivity contribution in [1.29, 1.82) is 0 Å². The molecule has 4 heteroatoms. The van der Waals surface area contributed by atoms with Gasteiger partial charge < -0.3 is 15.7 Å². The molecule has 0 bridgehead atoms. The third-order valence-electron chi connectivity index (χ3n) is 1.96. The van der Waals surface area contributed by atoms with E-state index in [1.54, 1.807) is 13.1 Å². The molecular formula is C11H19N3O. The first-order valence-electron chi connectivity index (χ1n) is 5.24. The number of aromatic nitrogens is 1. The van der Waals surface area contributed by atoms with Crippen LogP contribution in [0.2, 0.25) is 0 Å². The Morgan fingerprint density at radius 2 is 2.27 bits per heavy atom. The summed E-state index contributed by atoms with van der Waals surface area (Å²) in [5.74, 6) is 0.897. The van der Waals surface area contributed by atoms with E-state index in [1.807, 2.05) is 19.1 Å². The van der Waals surface area contributed by atoms with Crippen LogP contribution < -0.4 is 10.6 Å². The molecule has 0 aliphatic carbocycles. The second-order valence-electron chi connectivity index (χ2n) is 3.70. The molecule has 1 aromatic heterocycles. The molecule has 1 heterocycles. The van der Waals surface area contributed by atoms with Crippen LogP contribution in [0.3, 0.4) is 0 Å². The first-order valence-corrected chi connectivity index (χ1v) is 5.24. The molecule has 1 aromatic rings. The second-order valence-corrected chi connectivity index (χ2v) is 3.70. The van der Waals surface area contributed by atoms with Gasteiger partial charge in [0.05, 0.1) is 6.10 Å². The summed E-state index contributed by atoms with van der Waals surface area (Å²) in [6, 6.07) is 3.98. The Balaban J connectivity index is 2.15. The third-order valence-corrected chi connectivity index (χ3v) is 1.96. The van der Waals surface area contributed by atoms with E-state index < -0.39 is 0 Å². The molecule has 3 N–H and O–H groups in total. The van der Waals surface area contributed by atoms with Crippen molar-refractivity contribution in [3.8, 4) is 0 Å². The van der Waals surface area contributed by atoms with Gasteiger partial charge in [-0.25, -0.2) is 4.98 Å². The van der Waals surface area contributed by atoms with Crippen LogP contribution in [-0.2, 0) is 0 Å². The highest BCUT2D eigenvalue weighted by atomic mass is 16.3. The Morgan fingerprint density at radius 1 is 1.47 bits per heavy atom. The molecular weight excluding hydrogens is 190 g/mol. The standard InChI is InChI=1S/C11H19N3O/c1-9-3-4-13-11(7-9)14-6-5-12-8-10(2)15/h3-4,7,10,12,15H,5-6,8H2,1-2H3,(H,13,14). The topological polar surface area (TPSA) is 57.2 Å². The van der Waals surface area contributed by atoms with Crippen molar-refractivity contribution in [2.24, 2.45) is 0 Å². The van der Waals surface area contributed by atoms with Crippen LogP contribution in [0.15, 0.2) is 18.3 Å². The van der Waals surface area contributed by atoms with Crippen LogP contribution in [-0.4, -0.2) is 35.8 Å². The van der Waals surface area contributed by atoms with Gasteiger partial charge in [-0.1, -0.05) is 0 Å². The molecule has 84 valence electrons. The van der Waals surface area contributed by atoms with Gasteiger partial charge in [0.25, 0.3) is 0 Å². The minimum atomic E-state index is -0.290. The average Bonchev–Trinajstić information content (AvgIpc) is 2.17. The molecule has 15 heavy (non-hydrogen) atoms. The summed E-state index contributed by atoms with van der Waals surface area (Å²) in [6.45, 7) is 6.06. The van der Waals surface area contributed by atoms with Crippen LogP contribution in [0, 0.1) is 6.92 Å². The minimum absolute atomic E-state index is 0.290. The molecule has 0 aromatic carbocycles. The van der Waals surface area contributed by atoms with Crippen molar-refractivity contribution >= 4 is 5.82 Å². The van der Waals surface area contributed by atoms with E-state index in [9.17, 15) is 0 Å². The average molecular weight is 209 g/mol. The summed E-state index contributed by atoms with van der Waals surface area (Å²) in [5.41, 5.74) is 1.20. The Hall–Kier alpha value is -1.13. The van der Waals surface area contributed by atoms with Gasteiger partial charge in [0.1, 0.15) is 5.82 Å². The highest BCUT2D eigenvalue weighted by molar-refractivity contribution is 5.36. The predicted octanol–water partition coefficient (Wildman–Crippen LogP) is 0.772. The maximum Gasteiger partial charge on any atom is 0.126 e. The summed E-state index contributed by atoms with van der Waals surface area (Å²) in [4.78, 5) is 4.18. The second kappa shape index (κ2) is 6.37. The lowest BCUT2D eigenvalue weighted by molar-refractivity contribution is 0.192. The number of aliphatic hydroxyl groups excluding tert-OH is 1. The fourth-order valence-corrected chi connectivity index (χ4v) is 1.22. The van der Waals surface area contributed by atoms with E-state index >= 15 is 0 Å². The maximum atomic E-state index is 9.01. The van der Waals surface area contributed by atoms with Crippen molar-refractivity contribution in [3.05, 3.63) is 23.9 Å². The smallest absolute Gasteiger partial charge is 0.126 e. The lowest BCUT2D eigenvalue weighted by atomic mass is 10.3. The number of nitrogens with one attached hydrogen (secondary N) is 2. The largest absolute Gasteiger partial charge is 0.392 e. The number of hydrogen-bond donors (Lipinski definition) is 3. The highest BCUT2D eigenvalue weighted by Crippen LogP contribution is 2.03. The van der Waals surface area contributed by atoms with Gasteiger partial charge in [0.15, 0.2) is 0 Å². The van der Waals surface area contributed by atoms with Crippen LogP contribution in [0.1, 0.15) is 12.5 Å². The lowest BCUT2D eigenvalue weighted by Crippen LogP contribution is -2.29. The van der Waals surface area contributed by atoms with Crippen LogP contribution in [0.4, 0.5) is 5.82 Å². The number of aryl methyl sites for hydroxylation is 1. The minimum Gasteiger partial charge on any atom is -0.392 e. The van der Waals surface area contributed by atoms with Gasteiger partial charge in [-0.3, -0.25) is 0 Å². The summed E-state index contributed by atoms with van der Waals surface area (Å²) >= 11 is 0. The van der Waals surface area contributed by atoms with Crippen molar-refractivity contribution in [1.82, 2.24) is 10.3 Å². The zero-order valence-corrected chi connectivity index (χ0v) is 9.33. The Labute approximate surface area is 90.7 Å². The monoisotopic (exact) mass is 209 g/mol. The number of nitrogens with zero attached hydrogens (tertiary/aromatic N) is 1. The SMILES string of the molecule is Cc1ccnc(NCCNCC(C)O)c1. The van der Waals surface area contributed by atoms with Gasteiger partial charge in [0, 0.05) is 25.8 Å². The molecule has 0 aliphatic heterocycles. The summed E-state index contributed by atoms with van der Waals surface area (Å²) < 4.78 is 0. The van der Waals surface area contributed by atoms with Crippen molar-refractivity contribution < 1.29 is 5.11 Å². The van der Waals surface area contributed by atoms with Crippen molar-refractivity contribution in [2.75, 3.05) is 25.0 Å². The van der Waals surface area contributed by atoms with Gasteiger partial charge in [-0.05, 0) is 31.5 Å². The fraction of sp³-hybridized carbons (Fsp3) is 0.545. The van der Waals surface area contributed by atoms with Crippen LogP contribution >= 0.6 is 0 Å². The number of aliphatic hydroxyl groups is 1. The van der Waals surface area contributed by atoms with Crippen molar-refractivity contribution in [3.63, 3.8) is 0 Å². The number of pyridine rings is 1. The highest BCUT2D eigenvalue weighted by Gasteiger charge is 1.95. The predicted molar refractivity (Wildman–Crippen MR) is 62.0 cm³/mol. The zero-order valence-electron chi connectivity index (χ0n) is 9.33. The third kappa shape index (κ3) is 5.34. The van der Waals surface area contributed by atoms with Gasteiger partial charge in [0.2, 0.25) is 0 Å². The lowest BCUT2D eigenvalue weighted by Gasteiger charge is -2.08. The molecule has 1 unspecified atom stereocenters. The molecule has 0 amide bonds. The van der Waals surface area contributed by atoms with Crippen LogP contribution in [0.5, 0.6) is 0 Å². The van der Waals surface area contributed by atoms with E-state index in [1.165, 1.54) is 5.56 Å². The van der Waals surface area contributed by atoms with Crippen molar-refractivity contribution in [2.45, 2.75) is 20.0 Å².